The number of carbonyl (C=O) groups is 1. The quantitative estimate of drug-likeness (QED) is 0.784. The number of aromatic amines is 1. The first-order valence-corrected chi connectivity index (χ1v) is 5.60. The number of aromatic nitrogens is 2. The highest BCUT2D eigenvalue weighted by molar-refractivity contribution is 6.04. The standard InChI is InChI=1S/C12H9F3N4O2/c13-12(14,15)7-3-8(11(21)18-5-7)19-10(20)6-1-2-9(16)17-4-6/h1-5H,(H2,16,17)(H,18,21)(H,19,20). The average molecular weight is 298 g/mol. The zero-order valence-corrected chi connectivity index (χ0v) is 10.4. The predicted molar refractivity (Wildman–Crippen MR) is 68.7 cm³/mol. The van der Waals surface area contributed by atoms with Crippen molar-refractivity contribution in [2.75, 3.05) is 11.1 Å². The summed E-state index contributed by atoms with van der Waals surface area (Å²) < 4.78 is 37.6. The molecule has 0 spiro atoms. The van der Waals surface area contributed by atoms with Gasteiger partial charge in [0.15, 0.2) is 0 Å². The topological polar surface area (TPSA) is 101 Å². The molecule has 0 radical (unpaired) electrons. The van der Waals surface area contributed by atoms with Crippen molar-refractivity contribution in [2.24, 2.45) is 0 Å². The number of nitrogens with one attached hydrogen (secondary N) is 2. The molecule has 9 heteroatoms. The number of hydrogen-bond acceptors (Lipinski definition) is 4. The van der Waals surface area contributed by atoms with Gasteiger partial charge in [0, 0.05) is 12.4 Å². The summed E-state index contributed by atoms with van der Waals surface area (Å²) in [5.74, 6) is -0.587. The number of nitrogens with zero attached hydrogens (tertiary/aromatic N) is 1. The van der Waals surface area contributed by atoms with E-state index in [1.807, 2.05) is 4.98 Å². The molecular formula is C12H9F3N4O2. The Labute approximate surface area is 115 Å². The maximum absolute atomic E-state index is 12.5. The van der Waals surface area contributed by atoms with E-state index in [9.17, 15) is 22.8 Å². The van der Waals surface area contributed by atoms with Gasteiger partial charge in [0.2, 0.25) is 0 Å². The Balaban J connectivity index is 2.29. The lowest BCUT2D eigenvalue weighted by Crippen LogP contribution is -2.21. The molecule has 110 valence electrons. The van der Waals surface area contributed by atoms with Crippen LogP contribution in [0, 0.1) is 0 Å². The number of anilines is 2. The summed E-state index contributed by atoms with van der Waals surface area (Å²) in [7, 11) is 0. The zero-order valence-electron chi connectivity index (χ0n) is 10.4. The predicted octanol–water partition coefficient (Wildman–Crippen LogP) is 1.62. The SMILES string of the molecule is Nc1ccc(C(=O)Nc2cc(C(F)(F)F)c[nH]c2=O)cn1. The molecule has 0 fully saturated rings. The molecule has 0 saturated heterocycles. The molecule has 0 bridgehead atoms. The van der Waals surface area contributed by atoms with E-state index in [2.05, 4.69) is 10.3 Å². The minimum Gasteiger partial charge on any atom is -0.384 e. The third-order valence-electron chi connectivity index (χ3n) is 2.53. The number of nitrogens with two attached hydrogens (primary N) is 1. The Bertz CT molecular complexity index is 723. The maximum atomic E-state index is 12.5. The summed E-state index contributed by atoms with van der Waals surface area (Å²) in [5, 5.41) is 2.09. The molecule has 0 atom stereocenters. The summed E-state index contributed by atoms with van der Waals surface area (Å²) in [5.41, 5.74) is 2.97. The molecule has 2 heterocycles. The van der Waals surface area contributed by atoms with Crippen molar-refractivity contribution in [1.29, 1.82) is 0 Å². The molecule has 0 saturated carbocycles. The van der Waals surface area contributed by atoms with Crippen LogP contribution >= 0.6 is 0 Å². The normalized spacial score (nSPS) is 11.2. The van der Waals surface area contributed by atoms with Crippen molar-refractivity contribution >= 4 is 17.4 Å². The van der Waals surface area contributed by atoms with Gasteiger partial charge in [0.1, 0.15) is 11.5 Å². The van der Waals surface area contributed by atoms with Gasteiger partial charge in [-0.2, -0.15) is 13.2 Å². The first-order chi connectivity index (χ1) is 9.77. The first-order valence-electron chi connectivity index (χ1n) is 5.60. The fourth-order valence-corrected chi connectivity index (χ4v) is 1.47. The van der Waals surface area contributed by atoms with Gasteiger partial charge in [-0.3, -0.25) is 9.59 Å². The molecule has 0 unspecified atom stereocenters. The smallest absolute Gasteiger partial charge is 0.384 e. The van der Waals surface area contributed by atoms with Crippen LogP contribution in [0.5, 0.6) is 0 Å². The second-order valence-electron chi connectivity index (χ2n) is 4.05. The molecule has 0 aliphatic rings. The Morgan fingerprint density at radius 2 is 2.05 bits per heavy atom. The van der Waals surface area contributed by atoms with Crippen molar-refractivity contribution in [3.05, 3.63) is 52.1 Å². The number of amides is 1. The van der Waals surface area contributed by atoms with Crippen LogP contribution in [-0.2, 0) is 6.18 Å². The molecule has 2 aromatic heterocycles. The number of halogens is 3. The summed E-state index contributed by atoms with van der Waals surface area (Å²) >= 11 is 0. The zero-order chi connectivity index (χ0) is 15.6. The fourth-order valence-electron chi connectivity index (χ4n) is 1.47. The second kappa shape index (κ2) is 5.27. The summed E-state index contributed by atoms with van der Waals surface area (Å²) in [6.07, 6.45) is -2.96. The van der Waals surface area contributed by atoms with Gasteiger partial charge < -0.3 is 16.0 Å². The van der Waals surface area contributed by atoms with Crippen LogP contribution in [0.2, 0.25) is 0 Å². The second-order valence-corrected chi connectivity index (χ2v) is 4.05. The van der Waals surface area contributed by atoms with Gasteiger partial charge in [-0.05, 0) is 18.2 Å². The van der Waals surface area contributed by atoms with E-state index < -0.39 is 28.9 Å². The highest BCUT2D eigenvalue weighted by Gasteiger charge is 2.31. The first kappa shape index (κ1) is 14.6. The Morgan fingerprint density at radius 1 is 1.33 bits per heavy atom. The fraction of sp³-hybridized carbons (Fsp3) is 0.0833. The number of hydrogen-bond donors (Lipinski definition) is 3. The largest absolute Gasteiger partial charge is 0.417 e. The van der Waals surface area contributed by atoms with Gasteiger partial charge in [0.25, 0.3) is 11.5 Å². The third-order valence-corrected chi connectivity index (χ3v) is 2.53. The van der Waals surface area contributed by atoms with Crippen LogP contribution in [0.4, 0.5) is 24.7 Å². The average Bonchev–Trinajstić information content (AvgIpc) is 2.40. The highest BCUT2D eigenvalue weighted by Crippen LogP contribution is 2.29. The maximum Gasteiger partial charge on any atom is 0.417 e. The Kier molecular flexibility index (Phi) is 3.66. The molecule has 0 aromatic carbocycles. The molecule has 1 amide bonds. The van der Waals surface area contributed by atoms with Crippen LogP contribution in [0.1, 0.15) is 15.9 Å². The number of pyridine rings is 2. The molecule has 21 heavy (non-hydrogen) atoms. The molecule has 0 aliphatic heterocycles. The van der Waals surface area contributed by atoms with Gasteiger partial charge in [-0.15, -0.1) is 0 Å². The third kappa shape index (κ3) is 3.38. The minimum absolute atomic E-state index is 0.0565. The Hall–Kier alpha value is -2.84. The van der Waals surface area contributed by atoms with Crippen molar-refractivity contribution in [3.8, 4) is 0 Å². The lowest BCUT2D eigenvalue weighted by Gasteiger charge is -2.09. The monoisotopic (exact) mass is 298 g/mol. The van der Waals surface area contributed by atoms with Gasteiger partial charge in [-0.1, -0.05) is 0 Å². The van der Waals surface area contributed by atoms with E-state index in [1.54, 1.807) is 0 Å². The summed E-state index contributed by atoms with van der Waals surface area (Å²) in [6, 6.07) is 3.24. The van der Waals surface area contributed by atoms with Crippen LogP contribution in [0.3, 0.4) is 0 Å². The van der Waals surface area contributed by atoms with E-state index >= 15 is 0 Å². The van der Waals surface area contributed by atoms with Crippen molar-refractivity contribution in [2.45, 2.75) is 6.18 Å². The van der Waals surface area contributed by atoms with Gasteiger partial charge in [0.05, 0.1) is 11.1 Å². The molecule has 2 rings (SSSR count). The number of rotatable bonds is 2. The van der Waals surface area contributed by atoms with Crippen LogP contribution in [0.25, 0.3) is 0 Å². The van der Waals surface area contributed by atoms with Crippen LogP contribution < -0.4 is 16.6 Å². The summed E-state index contributed by atoms with van der Waals surface area (Å²) in [4.78, 5) is 28.8. The van der Waals surface area contributed by atoms with Gasteiger partial charge >= 0.3 is 6.18 Å². The van der Waals surface area contributed by atoms with E-state index in [0.29, 0.717) is 12.3 Å². The minimum atomic E-state index is -4.63. The van der Waals surface area contributed by atoms with Crippen LogP contribution in [0.15, 0.2) is 35.4 Å². The molecule has 4 N–H and O–H groups in total. The number of H-pyrrole nitrogens is 1. The lowest BCUT2D eigenvalue weighted by molar-refractivity contribution is -0.137. The van der Waals surface area contributed by atoms with E-state index in [1.165, 1.54) is 12.1 Å². The van der Waals surface area contributed by atoms with E-state index in [-0.39, 0.29) is 11.4 Å². The Morgan fingerprint density at radius 3 is 2.62 bits per heavy atom. The molecular weight excluding hydrogens is 289 g/mol. The number of alkyl halides is 3. The summed E-state index contributed by atoms with van der Waals surface area (Å²) in [6.45, 7) is 0. The van der Waals surface area contributed by atoms with Crippen molar-refractivity contribution < 1.29 is 18.0 Å². The van der Waals surface area contributed by atoms with E-state index in [4.69, 9.17) is 5.73 Å². The molecule has 2 aromatic rings. The molecule has 0 aliphatic carbocycles. The number of nitrogen functional groups attached to an aromatic ring is 1. The van der Waals surface area contributed by atoms with Gasteiger partial charge in [-0.25, -0.2) is 4.98 Å². The molecule has 6 nitrogen and oxygen atoms in total. The number of carbonyl (C=O) groups excluding carboxylic acids is 1. The van der Waals surface area contributed by atoms with Crippen molar-refractivity contribution in [3.63, 3.8) is 0 Å². The highest BCUT2D eigenvalue weighted by atomic mass is 19.4. The van der Waals surface area contributed by atoms with E-state index in [0.717, 1.165) is 6.20 Å². The lowest BCUT2D eigenvalue weighted by atomic mass is 10.2. The van der Waals surface area contributed by atoms with Crippen molar-refractivity contribution in [1.82, 2.24) is 9.97 Å². The van der Waals surface area contributed by atoms with Crippen LogP contribution in [-0.4, -0.2) is 15.9 Å².